The van der Waals surface area contributed by atoms with Gasteiger partial charge in [0.15, 0.2) is 0 Å². The minimum absolute atomic E-state index is 0.0874. The molecule has 5 heteroatoms. The van der Waals surface area contributed by atoms with E-state index in [2.05, 4.69) is 0 Å². The van der Waals surface area contributed by atoms with Crippen LogP contribution < -0.4 is 0 Å². The number of hydrogen-bond acceptors (Lipinski definition) is 3. The normalized spacial score (nSPS) is 19.5. The maximum absolute atomic E-state index is 11.4. The number of carbonyl (C=O) groups excluding carboxylic acids is 1. The molecule has 1 amide bonds. The third-order valence-corrected chi connectivity index (χ3v) is 2.38. The van der Waals surface area contributed by atoms with Gasteiger partial charge in [-0.2, -0.15) is 0 Å². The van der Waals surface area contributed by atoms with Crippen LogP contribution in [0.2, 0.25) is 0 Å². The minimum Gasteiger partial charge on any atom is -0.478 e. The number of aliphatic carboxylic acids is 1. The number of piperazine rings is 1. The van der Waals surface area contributed by atoms with Crippen molar-refractivity contribution in [1.82, 2.24) is 9.80 Å². The second kappa shape index (κ2) is 4.93. The highest BCUT2D eigenvalue weighted by atomic mass is 16.4. The van der Waals surface area contributed by atoms with Crippen LogP contribution in [0, 0.1) is 0 Å². The fourth-order valence-electron chi connectivity index (χ4n) is 1.55. The summed E-state index contributed by atoms with van der Waals surface area (Å²) < 4.78 is 0. The molecular weight excluding hydrogens is 196 g/mol. The van der Waals surface area contributed by atoms with Crippen LogP contribution in [0.25, 0.3) is 0 Å². The van der Waals surface area contributed by atoms with E-state index < -0.39 is 5.97 Å². The average Bonchev–Trinajstić information content (AvgIpc) is 2.10. The molecule has 0 unspecified atom stereocenters. The van der Waals surface area contributed by atoms with E-state index in [0.717, 1.165) is 12.1 Å². The standard InChI is InChI=1S/C10H16N2O3/c1-8(5-10(14)15)6-12-4-3-11(2)9(13)7-12/h5H,3-4,6-7H2,1-2H3,(H,14,15). The molecule has 0 bridgehead atoms. The Morgan fingerprint density at radius 2 is 2.20 bits per heavy atom. The van der Waals surface area contributed by atoms with Crippen LogP contribution in [0.15, 0.2) is 11.6 Å². The number of carbonyl (C=O) groups is 2. The van der Waals surface area contributed by atoms with Gasteiger partial charge in [0.1, 0.15) is 0 Å². The first kappa shape index (κ1) is 11.7. The van der Waals surface area contributed by atoms with Gasteiger partial charge in [0.05, 0.1) is 6.54 Å². The van der Waals surface area contributed by atoms with Crippen molar-refractivity contribution in [3.63, 3.8) is 0 Å². The summed E-state index contributed by atoms with van der Waals surface area (Å²) in [4.78, 5) is 25.4. The van der Waals surface area contributed by atoms with Gasteiger partial charge in [0, 0.05) is 32.8 Å². The quantitative estimate of drug-likeness (QED) is 0.658. The predicted molar refractivity (Wildman–Crippen MR) is 55.5 cm³/mol. The number of carboxylic acid groups (broad SMARTS) is 1. The minimum atomic E-state index is -0.937. The lowest BCUT2D eigenvalue weighted by molar-refractivity contribution is -0.134. The largest absolute Gasteiger partial charge is 0.478 e. The molecule has 0 radical (unpaired) electrons. The van der Waals surface area contributed by atoms with Crippen LogP contribution in [0.1, 0.15) is 6.92 Å². The molecule has 1 heterocycles. The second-order valence-electron chi connectivity index (χ2n) is 3.85. The van der Waals surface area contributed by atoms with Crippen LogP contribution in [0.5, 0.6) is 0 Å². The summed E-state index contributed by atoms with van der Waals surface area (Å²) in [5, 5.41) is 8.54. The van der Waals surface area contributed by atoms with Gasteiger partial charge in [-0.25, -0.2) is 4.79 Å². The Morgan fingerprint density at radius 3 is 2.73 bits per heavy atom. The lowest BCUT2D eigenvalue weighted by atomic mass is 10.2. The maximum atomic E-state index is 11.4. The summed E-state index contributed by atoms with van der Waals surface area (Å²) in [6.07, 6.45) is 1.18. The van der Waals surface area contributed by atoms with E-state index in [1.807, 2.05) is 4.90 Å². The summed E-state index contributed by atoms with van der Waals surface area (Å²) in [6, 6.07) is 0. The topological polar surface area (TPSA) is 60.9 Å². The van der Waals surface area contributed by atoms with Crippen molar-refractivity contribution in [2.75, 3.05) is 33.2 Å². The van der Waals surface area contributed by atoms with Crippen LogP contribution >= 0.6 is 0 Å². The van der Waals surface area contributed by atoms with Crippen molar-refractivity contribution in [3.8, 4) is 0 Å². The average molecular weight is 212 g/mol. The van der Waals surface area contributed by atoms with Crippen molar-refractivity contribution in [2.24, 2.45) is 0 Å². The highest BCUT2D eigenvalue weighted by Crippen LogP contribution is 2.04. The number of nitrogens with zero attached hydrogens (tertiary/aromatic N) is 2. The van der Waals surface area contributed by atoms with E-state index in [9.17, 15) is 9.59 Å². The smallest absolute Gasteiger partial charge is 0.328 e. The predicted octanol–water partition coefficient (Wildman–Crippen LogP) is -0.209. The summed E-state index contributed by atoms with van der Waals surface area (Å²) in [6.45, 7) is 4.19. The molecule has 0 aromatic heterocycles. The molecule has 0 aliphatic carbocycles. The molecule has 1 aliphatic rings. The zero-order valence-electron chi connectivity index (χ0n) is 9.06. The van der Waals surface area contributed by atoms with E-state index in [-0.39, 0.29) is 5.91 Å². The van der Waals surface area contributed by atoms with Crippen LogP contribution in [-0.2, 0) is 9.59 Å². The lowest BCUT2D eigenvalue weighted by Crippen LogP contribution is -2.48. The molecule has 1 saturated heterocycles. The summed E-state index contributed by atoms with van der Waals surface area (Å²) >= 11 is 0. The maximum Gasteiger partial charge on any atom is 0.328 e. The molecule has 15 heavy (non-hydrogen) atoms. The number of hydrogen-bond donors (Lipinski definition) is 1. The van der Waals surface area contributed by atoms with Crippen LogP contribution in [-0.4, -0.2) is 60.0 Å². The van der Waals surface area contributed by atoms with Crippen LogP contribution in [0.3, 0.4) is 0 Å². The molecule has 0 spiro atoms. The molecule has 0 atom stereocenters. The third kappa shape index (κ3) is 3.71. The number of rotatable bonds is 3. The van der Waals surface area contributed by atoms with Crippen LogP contribution in [0.4, 0.5) is 0 Å². The molecule has 1 N–H and O–H groups in total. The molecule has 0 saturated carbocycles. The third-order valence-electron chi connectivity index (χ3n) is 2.38. The molecule has 5 nitrogen and oxygen atoms in total. The Hall–Kier alpha value is -1.36. The van der Waals surface area contributed by atoms with Crippen molar-refractivity contribution in [1.29, 1.82) is 0 Å². The number of carboxylic acids is 1. The van der Waals surface area contributed by atoms with E-state index in [1.165, 1.54) is 6.08 Å². The number of likely N-dealkylation sites (N-methyl/N-ethyl adjacent to an activating group) is 1. The van der Waals surface area contributed by atoms with Gasteiger partial charge in [0.25, 0.3) is 0 Å². The monoisotopic (exact) mass is 212 g/mol. The Bertz CT molecular complexity index is 299. The van der Waals surface area contributed by atoms with Crippen molar-refractivity contribution in [2.45, 2.75) is 6.92 Å². The fourth-order valence-corrected chi connectivity index (χ4v) is 1.55. The van der Waals surface area contributed by atoms with Crippen molar-refractivity contribution < 1.29 is 14.7 Å². The Morgan fingerprint density at radius 1 is 1.53 bits per heavy atom. The van der Waals surface area contributed by atoms with Gasteiger partial charge in [-0.15, -0.1) is 0 Å². The molecule has 0 aromatic rings. The molecule has 0 aromatic carbocycles. The first-order valence-corrected chi connectivity index (χ1v) is 4.85. The highest BCUT2D eigenvalue weighted by molar-refractivity contribution is 5.81. The zero-order valence-corrected chi connectivity index (χ0v) is 9.06. The van der Waals surface area contributed by atoms with Gasteiger partial charge in [-0.3, -0.25) is 9.69 Å². The van der Waals surface area contributed by atoms with Gasteiger partial charge < -0.3 is 10.0 Å². The summed E-state index contributed by atoms with van der Waals surface area (Å²) in [5.74, 6) is -0.850. The van der Waals surface area contributed by atoms with Crippen molar-refractivity contribution in [3.05, 3.63) is 11.6 Å². The lowest BCUT2D eigenvalue weighted by Gasteiger charge is -2.31. The van der Waals surface area contributed by atoms with Gasteiger partial charge >= 0.3 is 5.97 Å². The highest BCUT2D eigenvalue weighted by Gasteiger charge is 2.20. The molecule has 84 valence electrons. The summed E-state index contributed by atoms with van der Waals surface area (Å²) in [5.41, 5.74) is 0.764. The Balaban J connectivity index is 2.47. The Kier molecular flexibility index (Phi) is 3.85. The van der Waals surface area contributed by atoms with Gasteiger partial charge in [0.2, 0.25) is 5.91 Å². The van der Waals surface area contributed by atoms with E-state index in [1.54, 1.807) is 18.9 Å². The molecule has 1 fully saturated rings. The van der Waals surface area contributed by atoms with Gasteiger partial charge in [-0.05, 0) is 6.92 Å². The molecular formula is C10H16N2O3. The van der Waals surface area contributed by atoms with E-state index in [4.69, 9.17) is 5.11 Å². The van der Waals surface area contributed by atoms with Crippen molar-refractivity contribution >= 4 is 11.9 Å². The molecule has 1 rings (SSSR count). The fraction of sp³-hybridized carbons (Fsp3) is 0.600. The van der Waals surface area contributed by atoms with Gasteiger partial charge in [-0.1, -0.05) is 5.57 Å². The first-order chi connectivity index (χ1) is 6.99. The number of amides is 1. The second-order valence-corrected chi connectivity index (χ2v) is 3.85. The molecule has 1 aliphatic heterocycles. The van der Waals surface area contributed by atoms with E-state index >= 15 is 0 Å². The zero-order chi connectivity index (χ0) is 11.4. The van der Waals surface area contributed by atoms with E-state index in [0.29, 0.717) is 19.6 Å². The summed E-state index contributed by atoms with van der Waals surface area (Å²) in [7, 11) is 1.78. The Labute approximate surface area is 89.0 Å². The SMILES string of the molecule is CC(=CC(=O)O)CN1CCN(C)C(=O)C1. The first-order valence-electron chi connectivity index (χ1n) is 4.85.